The first-order chi connectivity index (χ1) is 9.49. The summed E-state index contributed by atoms with van der Waals surface area (Å²) in [6.07, 6.45) is 1.51. The van der Waals surface area contributed by atoms with Crippen molar-refractivity contribution in [2.24, 2.45) is 5.92 Å². The van der Waals surface area contributed by atoms with Gasteiger partial charge in [-0.25, -0.2) is 13.6 Å². The van der Waals surface area contributed by atoms with Crippen molar-refractivity contribution in [3.8, 4) is 0 Å². The molecule has 0 spiro atoms. The van der Waals surface area contributed by atoms with Crippen LogP contribution in [-0.2, 0) is 4.79 Å². The van der Waals surface area contributed by atoms with E-state index in [9.17, 15) is 18.4 Å². The van der Waals surface area contributed by atoms with Crippen molar-refractivity contribution in [2.45, 2.75) is 12.8 Å². The van der Waals surface area contributed by atoms with Crippen LogP contribution in [0.4, 0.5) is 14.5 Å². The number of nitrogens with one attached hydrogen (secondary N) is 2. The molecule has 1 aliphatic heterocycles. The van der Waals surface area contributed by atoms with E-state index in [0.717, 1.165) is 19.0 Å². The van der Waals surface area contributed by atoms with Gasteiger partial charge in [0.25, 0.3) is 0 Å². The third-order valence-electron chi connectivity index (χ3n) is 3.21. The van der Waals surface area contributed by atoms with Crippen LogP contribution in [0.25, 0.3) is 0 Å². The summed E-state index contributed by atoms with van der Waals surface area (Å²) in [5, 5.41) is 14.1. The largest absolute Gasteiger partial charge is 0.478 e. The molecule has 1 unspecified atom stereocenters. The number of carboxylic acid groups (broad SMARTS) is 1. The maximum atomic E-state index is 13.6. The number of aromatic carboxylic acids is 1. The number of benzene rings is 1. The number of amides is 1. The molecule has 0 bridgehead atoms. The van der Waals surface area contributed by atoms with Crippen molar-refractivity contribution in [3.05, 3.63) is 29.3 Å². The zero-order valence-electron chi connectivity index (χ0n) is 10.6. The summed E-state index contributed by atoms with van der Waals surface area (Å²) >= 11 is 0. The number of carbonyl (C=O) groups is 2. The fourth-order valence-electron chi connectivity index (χ4n) is 2.12. The van der Waals surface area contributed by atoms with Crippen LogP contribution < -0.4 is 10.6 Å². The van der Waals surface area contributed by atoms with E-state index in [1.165, 1.54) is 0 Å². The fourth-order valence-corrected chi connectivity index (χ4v) is 2.12. The second kappa shape index (κ2) is 5.96. The van der Waals surface area contributed by atoms with Crippen LogP contribution in [0.1, 0.15) is 23.2 Å². The second-order valence-electron chi connectivity index (χ2n) is 4.65. The zero-order chi connectivity index (χ0) is 14.7. The summed E-state index contributed by atoms with van der Waals surface area (Å²) in [7, 11) is 0. The van der Waals surface area contributed by atoms with Crippen LogP contribution >= 0.6 is 0 Å². The molecule has 3 N–H and O–H groups in total. The van der Waals surface area contributed by atoms with Crippen LogP contribution in [0.15, 0.2) is 12.1 Å². The van der Waals surface area contributed by atoms with Crippen molar-refractivity contribution in [3.63, 3.8) is 0 Å². The number of anilines is 1. The van der Waals surface area contributed by atoms with E-state index in [-0.39, 0.29) is 11.6 Å². The van der Waals surface area contributed by atoms with Crippen molar-refractivity contribution in [2.75, 3.05) is 18.4 Å². The number of halogens is 2. The molecular weight excluding hydrogens is 270 g/mol. The van der Waals surface area contributed by atoms with Gasteiger partial charge < -0.3 is 15.7 Å². The highest BCUT2D eigenvalue weighted by atomic mass is 19.1. The van der Waals surface area contributed by atoms with Crippen molar-refractivity contribution >= 4 is 17.6 Å². The smallest absolute Gasteiger partial charge is 0.338 e. The van der Waals surface area contributed by atoms with Gasteiger partial charge in [0.2, 0.25) is 5.91 Å². The molecule has 0 radical (unpaired) electrons. The second-order valence-corrected chi connectivity index (χ2v) is 4.65. The molecule has 1 aromatic rings. The van der Waals surface area contributed by atoms with Gasteiger partial charge in [0.05, 0.1) is 17.2 Å². The highest BCUT2D eigenvalue weighted by molar-refractivity contribution is 5.95. The highest BCUT2D eigenvalue weighted by Gasteiger charge is 2.23. The third-order valence-corrected chi connectivity index (χ3v) is 3.21. The molecular formula is C13H14F2N2O3. The van der Waals surface area contributed by atoms with Gasteiger partial charge in [-0.3, -0.25) is 4.79 Å². The molecule has 1 fully saturated rings. The van der Waals surface area contributed by atoms with Gasteiger partial charge in [0, 0.05) is 12.6 Å². The molecule has 20 heavy (non-hydrogen) atoms. The van der Waals surface area contributed by atoms with Gasteiger partial charge in [-0.05, 0) is 25.5 Å². The molecule has 1 heterocycles. The molecule has 1 aliphatic rings. The van der Waals surface area contributed by atoms with Crippen LogP contribution in [-0.4, -0.2) is 30.1 Å². The van der Waals surface area contributed by atoms with Crippen LogP contribution in [0.2, 0.25) is 0 Å². The number of carbonyl (C=O) groups excluding carboxylic acids is 1. The standard InChI is InChI=1S/C13H14F2N2O3/c14-9-5-10(15)11(4-8(9)13(19)20)17-12(18)7-2-1-3-16-6-7/h4-5,7,16H,1-3,6H2,(H,17,18)(H,19,20). The van der Waals surface area contributed by atoms with E-state index in [2.05, 4.69) is 10.6 Å². The lowest BCUT2D eigenvalue weighted by atomic mass is 9.98. The summed E-state index contributed by atoms with van der Waals surface area (Å²) in [6.45, 7) is 1.32. The SMILES string of the molecule is O=C(O)c1cc(NC(=O)C2CCCNC2)c(F)cc1F. The maximum absolute atomic E-state index is 13.6. The Morgan fingerprint density at radius 1 is 1.30 bits per heavy atom. The Hall–Kier alpha value is -2.02. The molecule has 0 saturated carbocycles. The fraction of sp³-hybridized carbons (Fsp3) is 0.385. The first-order valence-corrected chi connectivity index (χ1v) is 6.23. The number of rotatable bonds is 3. The molecule has 0 aromatic heterocycles. The minimum atomic E-state index is -1.52. The minimum Gasteiger partial charge on any atom is -0.478 e. The predicted octanol–water partition coefficient (Wildman–Crippen LogP) is 1.60. The van der Waals surface area contributed by atoms with Crippen molar-refractivity contribution in [1.29, 1.82) is 0 Å². The van der Waals surface area contributed by atoms with Crippen molar-refractivity contribution in [1.82, 2.24) is 5.32 Å². The first-order valence-electron chi connectivity index (χ1n) is 6.23. The molecule has 0 aliphatic carbocycles. The lowest BCUT2D eigenvalue weighted by molar-refractivity contribution is -0.120. The average Bonchev–Trinajstić information content (AvgIpc) is 2.42. The molecule has 1 aromatic carbocycles. The molecule has 1 atom stereocenters. The zero-order valence-corrected chi connectivity index (χ0v) is 10.6. The van der Waals surface area contributed by atoms with Gasteiger partial charge in [0.1, 0.15) is 11.6 Å². The van der Waals surface area contributed by atoms with Gasteiger partial charge in [0.15, 0.2) is 0 Å². The summed E-state index contributed by atoms with van der Waals surface area (Å²) in [5.74, 6) is -4.39. The summed E-state index contributed by atoms with van der Waals surface area (Å²) in [4.78, 5) is 22.7. The van der Waals surface area contributed by atoms with E-state index >= 15 is 0 Å². The third kappa shape index (κ3) is 3.11. The van der Waals surface area contributed by atoms with Gasteiger partial charge in [-0.2, -0.15) is 0 Å². The lowest BCUT2D eigenvalue weighted by Gasteiger charge is -2.22. The van der Waals surface area contributed by atoms with Crippen LogP contribution in [0.5, 0.6) is 0 Å². The molecule has 5 nitrogen and oxygen atoms in total. The van der Waals surface area contributed by atoms with Crippen LogP contribution in [0.3, 0.4) is 0 Å². The molecule has 108 valence electrons. The molecule has 1 amide bonds. The molecule has 2 rings (SSSR count). The number of carboxylic acids is 1. The Balaban J connectivity index is 2.18. The molecule has 7 heteroatoms. The minimum absolute atomic E-state index is 0.304. The summed E-state index contributed by atoms with van der Waals surface area (Å²) in [5.41, 5.74) is -0.997. The van der Waals surface area contributed by atoms with Crippen molar-refractivity contribution < 1.29 is 23.5 Å². The summed E-state index contributed by atoms with van der Waals surface area (Å²) < 4.78 is 26.8. The molecule has 1 saturated heterocycles. The Labute approximate surface area is 114 Å². The Bertz CT molecular complexity index is 543. The van der Waals surface area contributed by atoms with Gasteiger partial charge in [-0.1, -0.05) is 0 Å². The normalized spacial score (nSPS) is 18.6. The Morgan fingerprint density at radius 3 is 2.65 bits per heavy atom. The van der Waals surface area contributed by atoms with Crippen LogP contribution in [0, 0.1) is 17.6 Å². The van der Waals surface area contributed by atoms with Gasteiger partial charge >= 0.3 is 5.97 Å². The van der Waals surface area contributed by atoms with E-state index in [4.69, 9.17) is 5.11 Å². The highest BCUT2D eigenvalue weighted by Crippen LogP contribution is 2.21. The average molecular weight is 284 g/mol. The van der Waals surface area contributed by atoms with Gasteiger partial charge in [-0.15, -0.1) is 0 Å². The monoisotopic (exact) mass is 284 g/mol. The summed E-state index contributed by atoms with van der Waals surface area (Å²) in [6, 6.07) is 1.25. The number of hydrogen-bond acceptors (Lipinski definition) is 3. The first kappa shape index (κ1) is 14.4. The predicted molar refractivity (Wildman–Crippen MR) is 67.5 cm³/mol. The van der Waals surface area contributed by atoms with E-state index in [1.807, 2.05) is 0 Å². The Morgan fingerprint density at radius 2 is 2.05 bits per heavy atom. The number of hydrogen-bond donors (Lipinski definition) is 3. The van der Waals surface area contributed by atoms with E-state index < -0.39 is 29.1 Å². The lowest BCUT2D eigenvalue weighted by Crippen LogP contribution is -2.37. The maximum Gasteiger partial charge on any atom is 0.338 e. The topological polar surface area (TPSA) is 78.4 Å². The number of piperidine rings is 1. The van der Waals surface area contributed by atoms with E-state index in [1.54, 1.807) is 0 Å². The van der Waals surface area contributed by atoms with E-state index in [0.29, 0.717) is 19.0 Å². The Kier molecular flexibility index (Phi) is 4.29. The quantitative estimate of drug-likeness (QED) is 0.788.